The van der Waals surface area contributed by atoms with E-state index in [0.717, 1.165) is 0 Å². The van der Waals surface area contributed by atoms with Crippen molar-refractivity contribution in [2.45, 2.75) is 19.4 Å². The summed E-state index contributed by atoms with van der Waals surface area (Å²) in [6.07, 6.45) is -4.72. The Bertz CT molecular complexity index is 954. The standard InChI is InChI=1S/C18H13F5N2O3/c1-26-17-13(9-2-5-11(6-3-9)27-18(22)23)14-10(8-24-17)4-7-12(25-14)28-16(21)15(19)20/h2-8,15-16,18H,1H3. The van der Waals surface area contributed by atoms with E-state index in [2.05, 4.69) is 19.4 Å². The molecule has 0 aliphatic heterocycles. The molecule has 0 saturated carbocycles. The minimum atomic E-state index is -3.33. The Labute approximate surface area is 155 Å². The largest absolute Gasteiger partial charge is 0.480 e. The number of pyridine rings is 2. The fraction of sp³-hybridized carbons (Fsp3) is 0.222. The molecular weight excluding hydrogens is 387 g/mol. The quantitative estimate of drug-likeness (QED) is 0.531. The van der Waals surface area contributed by atoms with Crippen LogP contribution in [0, 0.1) is 0 Å². The number of nitrogens with zero attached hydrogens (tertiary/aromatic N) is 2. The van der Waals surface area contributed by atoms with Crippen LogP contribution >= 0.6 is 0 Å². The number of alkyl halides is 5. The van der Waals surface area contributed by atoms with Crippen molar-refractivity contribution in [3.63, 3.8) is 0 Å². The van der Waals surface area contributed by atoms with Gasteiger partial charge in [0.2, 0.25) is 11.8 Å². The van der Waals surface area contributed by atoms with Crippen molar-refractivity contribution in [3.8, 4) is 28.6 Å². The minimum absolute atomic E-state index is 0.0555. The Morgan fingerprint density at radius 3 is 2.21 bits per heavy atom. The monoisotopic (exact) mass is 400 g/mol. The minimum Gasteiger partial charge on any atom is -0.480 e. The van der Waals surface area contributed by atoms with Crippen LogP contribution in [0.5, 0.6) is 17.5 Å². The average Bonchev–Trinajstić information content (AvgIpc) is 2.67. The van der Waals surface area contributed by atoms with Crippen LogP contribution in [0.25, 0.3) is 22.0 Å². The first kappa shape index (κ1) is 19.6. The third kappa shape index (κ3) is 4.21. The predicted octanol–water partition coefficient (Wildman–Crippen LogP) is 4.85. The fourth-order valence-corrected chi connectivity index (χ4v) is 2.50. The first-order chi connectivity index (χ1) is 13.4. The van der Waals surface area contributed by atoms with Gasteiger partial charge in [0.25, 0.3) is 6.36 Å². The van der Waals surface area contributed by atoms with Gasteiger partial charge in [-0.3, -0.25) is 0 Å². The van der Waals surface area contributed by atoms with Crippen LogP contribution in [-0.4, -0.2) is 36.5 Å². The number of fused-ring (bicyclic) bond motifs is 1. The molecule has 0 N–H and O–H groups in total. The zero-order valence-electron chi connectivity index (χ0n) is 14.3. The second kappa shape index (κ2) is 8.24. The molecule has 28 heavy (non-hydrogen) atoms. The molecule has 1 atom stereocenters. The summed E-state index contributed by atoms with van der Waals surface area (Å²) in [6, 6.07) is 8.28. The molecule has 0 radical (unpaired) electrons. The molecule has 0 spiro atoms. The summed E-state index contributed by atoms with van der Waals surface area (Å²) < 4.78 is 76.7. The summed E-state index contributed by atoms with van der Waals surface area (Å²) >= 11 is 0. The van der Waals surface area contributed by atoms with E-state index in [4.69, 9.17) is 4.74 Å². The molecule has 5 nitrogen and oxygen atoms in total. The summed E-state index contributed by atoms with van der Waals surface area (Å²) in [4.78, 5) is 8.23. The van der Waals surface area contributed by atoms with Gasteiger partial charge in [-0.15, -0.1) is 0 Å². The maximum Gasteiger partial charge on any atom is 0.387 e. The number of hydrogen-bond donors (Lipinski definition) is 0. The number of halogens is 5. The second-order valence-corrected chi connectivity index (χ2v) is 5.44. The van der Waals surface area contributed by atoms with Crippen LogP contribution in [0.4, 0.5) is 22.0 Å². The molecule has 0 saturated heterocycles. The number of hydrogen-bond acceptors (Lipinski definition) is 5. The Morgan fingerprint density at radius 1 is 0.893 bits per heavy atom. The normalized spacial score (nSPS) is 12.4. The van der Waals surface area contributed by atoms with E-state index < -0.39 is 19.4 Å². The van der Waals surface area contributed by atoms with Gasteiger partial charge in [-0.25, -0.2) is 18.7 Å². The van der Waals surface area contributed by atoms with Crippen LogP contribution in [0.3, 0.4) is 0 Å². The first-order valence-corrected chi connectivity index (χ1v) is 7.87. The van der Waals surface area contributed by atoms with Crippen molar-refractivity contribution in [3.05, 3.63) is 42.6 Å². The smallest absolute Gasteiger partial charge is 0.387 e. The highest BCUT2D eigenvalue weighted by molar-refractivity contribution is 5.96. The van der Waals surface area contributed by atoms with Gasteiger partial charge in [0, 0.05) is 17.6 Å². The molecule has 1 unspecified atom stereocenters. The molecule has 3 rings (SSSR count). The number of benzene rings is 1. The third-order valence-corrected chi connectivity index (χ3v) is 3.67. The summed E-state index contributed by atoms with van der Waals surface area (Å²) in [5, 5.41) is 0.503. The van der Waals surface area contributed by atoms with Crippen LogP contribution in [0.2, 0.25) is 0 Å². The summed E-state index contributed by atoms with van der Waals surface area (Å²) in [7, 11) is 1.36. The maximum atomic E-state index is 13.2. The molecule has 1 aromatic carbocycles. The molecule has 148 valence electrons. The number of methoxy groups -OCH3 is 1. The van der Waals surface area contributed by atoms with E-state index in [0.29, 0.717) is 16.5 Å². The lowest BCUT2D eigenvalue weighted by atomic mass is 10.0. The van der Waals surface area contributed by atoms with E-state index in [-0.39, 0.29) is 23.0 Å². The van der Waals surface area contributed by atoms with Gasteiger partial charge in [-0.1, -0.05) is 12.1 Å². The van der Waals surface area contributed by atoms with Crippen molar-refractivity contribution in [1.29, 1.82) is 0 Å². The van der Waals surface area contributed by atoms with Crippen molar-refractivity contribution >= 4 is 10.9 Å². The molecule has 0 fully saturated rings. The number of ether oxygens (including phenoxy) is 3. The second-order valence-electron chi connectivity index (χ2n) is 5.44. The van der Waals surface area contributed by atoms with Crippen LogP contribution < -0.4 is 14.2 Å². The average molecular weight is 400 g/mol. The first-order valence-electron chi connectivity index (χ1n) is 7.87. The molecular formula is C18H13F5N2O3. The number of aromatic nitrogens is 2. The Hall–Kier alpha value is -3.17. The van der Waals surface area contributed by atoms with Crippen LogP contribution in [0.15, 0.2) is 42.6 Å². The molecule has 0 bridgehead atoms. The van der Waals surface area contributed by atoms with Crippen LogP contribution in [-0.2, 0) is 0 Å². The Kier molecular flexibility index (Phi) is 5.76. The van der Waals surface area contributed by atoms with Gasteiger partial charge in [-0.05, 0) is 23.8 Å². The van der Waals surface area contributed by atoms with Crippen molar-refractivity contribution in [2.24, 2.45) is 0 Å². The van der Waals surface area contributed by atoms with Gasteiger partial charge in [0.15, 0.2) is 0 Å². The lowest BCUT2D eigenvalue weighted by molar-refractivity contribution is -0.0688. The summed E-state index contributed by atoms with van der Waals surface area (Å²) in [6.45, 7) is -2.97. The van der Waals surface area contributed by atoms with E-state index in [1.165, 1.54) is 49.7 Å². The Morgan fingerprint density at radius 2 is 1.61 bits per heavy atom. The van der Waals surface area contributed by atoms with Crippen LogP contribution in [0.1, 0.15) is 0 Å². The van der Waals surface area contributed by atoms with E-state index in [9.17, 15) is 22.0 Å². The van der Waals surface area contributed by atoms with Gasteiger partial charge in [-0.2, -0.15) is 13.2 Å². The SMILES string of the molecule is COc1ncc2ccc(OC(F)C(F)F)nc2c1-c1ccc(OC(F)F)cc1. The van der Waals surface area contributed by atoms with E-state index >= 15 is 0 Å². The maximum absolute atomic E-state index is 13.2. The summed E-state index contributed by atoms with van der Waals surface area (Å²) in [5.41, 5.74) is 1.07. The fourth-order valence-electron chi connectivity index (χ4n) is 2.50. The van der Waals surface area contributed by atoms with E-state index in [1.54, 1.807) is 0 Å². The lowest BCUT2D eigenvalue weighted by Gasteiger charge is -2.14. The summed E-state index contributed by atoms with van der Waals surface area (Å²) in [5.74, 6) is -0.266. The highest BCUT2D eigenvalue weighted by atomic mass is 19.3. The van der Waals surface area contributed by atoms with Gasteiger partial charge >= 0.3 is 13.0 Å². The van der Waals surface area contributed by atoms with Gasteiger partial charge in [0.1, 0.15) is 5.75 Å². The zero-order valence-corrected chi connectivity index (χ0v) is 14.3. The predicted molar refractivity (Wildman–Crippen MR) is 89.7 cm³/mol. The molecule has 3 aromatic rings. The molecule has 2 aromatic heterocycles. The van der Waals surface area contributed by atoms with Gasteiger partial charge < -0.3 is 14.2 Å². The van der Waals surface area contributed by atoms with Gasteiger partial charge in [0.05, 0.1) is 18.2 Å². The molecule has 10 heteroatoms. The zero-order chi connectivity index (χ0) is 20.3. The van der Waals surface area contributed by atoms with E-state index in [1.807, 2.05) is 0 Å². The van der Waals surface area contributed by atoms with Crippen molar-refractivity contribution in [1.82, 2.24) is 9.97 Å². The lowest BCUT2D eigenvalue weighted by Crippen LogP contribution is -2.20. The van der Waals surface area contributed by atoms with Crippen molar-refractivity contribution in [2.75, 3.05) is 7.11 Å². The molecule has 0 aliphatic rings. The molecule has 0 amide bonds. The third-order valence-electron chi connectivity index (χ3n) is 3.67. The Balaban J connectivity index is 2.08. The highest BCUT2D eigenvalue weighted by Gasteiger charge is 2.22. The highest BCUT2D eigenvalue weighted by Crippen LogP contribution is 2.36. The molecule has 2 heterocycles. The topological polar surface area (TPSA) is 53.5 Å². The number of rotatable bonds is 7. The molecule has 0 aliphatic carbocycles. The van der Waals surface area contributed by atoms with Crippen molar-refractivity contribution < 1.29 is 36.2 Å².